The van der Waals surface area contributed by atoms with E-state index in [2.05, 4.69) is 132 Å². The van der Waals surface area contributed by atoms with Crippen molar-refractivity contribution in [2.45, 2.75) is 0 Å². The third-order valence-corrected chi connectivity index (χ3v) is 9.16. The van der Waals surface area contributed by atoms with Gasteiger partial charge in [0.05, 0.1) is 22.1 Å². The van der Waals surface area contributed by atoms with Gasteiger partial charge in [0.25, 0.3) is 0 Å². The maximum absolute atomic E-state index is 6.41. The maximum atomic E-state index is 6.41. The number of furan rings is 1. The molecule has 2 nitrogen and oxygen atoms in total. The number of thiophene rings is 1. The normalized spacial score (nSPS) is 12.1. The third-order valence-electron chi connectivity index (χ3n) is 8.00. The predicted octanol–water partition coefficient (Wildman–Crippen LogP) is 10.7. The van der Waals surface area contributed by atoms with E-state index in [0.717, 1.165) is 27.6 Å². The number of para-hydroxylation sites is 2. The summed E-state index contributed by atoms with van der Waals surface area (Å²) in [6, 6.07) is 45.8. The van der Waals surface area contributed by atoms with Crippen LogP contribution in [0.2, 0.25) is 0 Å². The average molecular weight is 516 g/mol. The quantitative estimate of drug-likeness (QED) is 0.224. The molecule has 9 aromatic rings. The van der Waals surface area contributed by atoms with Crippen molar-refractivity contribution in [1.29, 1.82) is 0 Å². The standard InChI is InChI=1S/C36H21NOS/c1-4-11-29-24(8-1)25-9-2-5-12-30(25)37(29)31-13-7-14-33-36(31)28-21-22(16-18-32(28)38-33)23-17-19-35-27(20-23)26-10-3-6-15-34(26)39-35/h1-21H. The van der Waals surface area contributed by atoms with Crippen LogP contribution in [0.1, 0.15) is 0 Å². The van der Waals surface area contributed by atoms with Crippen molar-refractivity contribution in [1.82, 2.24) is 4.57 Å². The number of fused-ring (bicyclic) bond motifs is 9. The van der Waals surface area contributed by atoms with E-state index in [0.29, 0.717) is 0 Å². The van der Waals surface area contributed by atoms with Gasteiger partial charge >= 0.3 is 0 Å². The largest absolute Gasteiger partial charge is 0.456 e. The first-order valence-corrected chi connectivity index (χ1v) is 14.0. The van der Waals surface area contributed by atoms with E-state index in [1.165, 1.54) is 53.1 Å². The van der Waals surface area contributed by atoms with Crippen LogP contribution in [0.3, 0.4) is 0 Å². The Bertz CT molecular complexity index is 2350. The Morgan fingerprint density at radius 1 is 0.462 bits per heavy atom. The van der Waals surface area contributed by atoms with Gasteiger partial charge in [-0.05, 0) is 65.7 Å². The molecule has 0 aliphatic heterocycles. The van der Waals surface area contributed by atoms with Crippen LogP contribution in [0.25, 0.3) is 80.7 Å². The smallest absolute Gasteiger partial charge is 0.137 e. The third kappa shape index (κ3) is 2.96. The Morgan fingerprint density at radius 2 is 1.10 bits per heavy atom. The van der Waals surface area contributed by atoms with Crippen molar-refractivity contribution in [2.24, 2.45) is 0 Å². The summed E-state index contributed by atoms with van der Waals surface area (Å²) in [5.74, 6) is 0. The van der Waals surface area contributed by atoms with Crippen molar-refractivity contribution in [3.63, 3.8) is 0 Å². The molecule has 0 unspecified atom stereocenters. The zero-order valence-electron chi connectivity index (χ0n) is 20.9. The van der Waals surface area contributed by atoms with Gasteiger partial charge < -0.3 is 8.98 Å². The van der Waals surface area contributed by atoms with Crippen LogP contribution in [0.15, 0.2) is 132 Å². The molecule has 3 heteroatoms. The molecule has 0 amide bonds. The molecule has 0 bridgehead atoms. The molecule has 9 rings (SSSR count). The lowest BCUT2D eigenvalue weighted by Crippen LogP contribution is -1.94. The van der Waals surface area contributed by atoms with E-state index in [1.807, 2.05) is 11.3 Å². The molecule has 0 atom stereocenters. The monoisotopic (exact) mass is 515 g/mol. The summed E-state index contributed by atoms with van der Waals surface area (Å²) in [7, 11) is 0. The maximum Gasteiger partial charge on any atom is 0.137 e. The summed E-state index contributed by atoms with van der Waals surface area (Å²) in [5.41, 5.74) is 7.76. The Kier molecular flexibility index (Phi) is 4.24. The molecule has 0 saturated carbocycles. The Labute approximate surface area is 227 Å². The highest BCUT2D eigenvalue weighted by molar-refractivity contribution is 7.25. The van der Waals surface area contributed by atoms with Crippen LogP contribution >= 0.6 is 11.3 Å². The minimum atomic E-state index is 0.904. The second-order valence-electron chi connectivity index (χ2n) is 10.1. The molecule has 0 radical (unpaired) electrons. The van der Waals surface area contributed by atoms with Gasteiger partial charge in [-0.1, -0.05) is 72.8 Å². The zero-order chi connectivity index (χ0) is 25.5. The number of benzene rings is 6. The molecule has 3 heterocycles. The molecular formula is C36H21NOS. The van der Waals surface area contributed by atoms with Gasteiger partial charge in [0, 0.05) is 36.3 Å². The highest BCUT2D eigenvalue weighted by atomic mass is 32.1. The van der Waals surface area contributed by atoms with Gasteiger partial charge in [-0.2, -0.15) is 0 Å². The number of aromatic nitrogens is 1. The van der Waals surface area contributed by atoms with Gasteiger partial charge in [-0.15, -0.1) is 11.3 Å². The molecule has 3 aromatic heterocycles. The van der Waals surface area contributed by atoms with Crippen LogP contribution < -0.4 is 0 Å². The average Bonchev–Trinajstić information content (AvgIpc) is 3.66. The van der Waals surface area contributed by atoms with Crippen molar-refractivity contribution in [3.8, 4) is 16.8 Å². The Balaban J connectivity index is 1.33. The van der Waals surface area contributed by atoms with E-state index in [9.17, 15) is 0 Å². The fourth-order valence-electron chi connectivity index (χ4n) is 6.26. The molecule has 6 aromatic carbocycles. The van der Waals surface area contributed by atoms with Crippen molar-refractivity contribution >= 4 is 75.3 Å². The lowest BCUT2D eigenvalue weighted by Gasteiger charge is -2.10. The van der Waals surface area contributed by atoms with Gasteiger partial charge in [0.2, 0.25) is 0 Å². The summed E-state index contributed by atoms with van der Waals surface area (Å²) in [6.45, 7) is 0. The van der Waals surface area contributed by atoms with Gasteiger partial charge in [0.1, 0.15) is 11.2 Å². The van der Waals surface area contributed by atoms with Crippen LogP contribution in [0.4, 0.5) is 0 Å². The molecule has 0 aliphatic carbocycles. The van der Waals surface area contributed by atoms with Crippen molar-refractivity contribution in [2.75, 3.05) is 0 Å². The molecule has 0 saturated heterocycles. The first-order valence-electron chi connectivity index (χ1n) is 13.2. The number of nitrogens with zero attached hydrogens (tertiary/aromatic N) is 1. The molecule has 0 N–H and O–H groups in total. The predicted molar refractivity (Wildman–Crippen MR) is 166 cm³/mol. The van der Waals surface area contributed by atoms with Gasteiger partial charge in [-0.3, -0.25) is 0 Å². The minimum absolute atomic E-state index is 0.904. The minimum Gasteiger partial charge on any atom is -0.456 e. The molecule has 0 spiro atoms. The first kappa shape index (κ1) is 21.1. The van der Waals surface area contributed by atoms with Crippen LogP contribution in [0.5, 0.6) is 0 Å². The van der Waals surface area contributed by atoms with Crippen LogP contribution in [0, 0.1) is 0 Å². The van der Waals surface area contributed by atoms with E-state index in [1.54, 1.807) is 0 Å². The fraction of sp³-hybridized carbons (Fsp3) is 0. The summed E-state index contributed by atoms with van der Waals surface area (Å²) in [6.07, 6.45) is 0. The molecule has 0 aliphatic rings. The molecular weight excluding hydrogens is 494 g/mol. The van der Waals surface area contributed by atoms with Crippen LogP contribution in [-0.2, 0) is 0 Å². The summed E-state index contributed by atoms with van der Waals surface area (Å²) in [5, 5.41) is 7.43. The number of rotatable bonds is 2. The fourth-order valence-corrected chi connectivity index (χ4v) is 7.35. The SMILES string of the molecule is c1cc(-n2c3ccccc3c3ccccc32)c2c(c1)oc1ccc(-c3ccc4sc5ccccc5c4c3)cc12. The topological polar surface area (TPSA) is 18.1 Å². The highest BCUT2D eigenvalue weighted by Crippen LogP contribution is 2.41. The lowest BCUT2D eigenvalue weighted by atomic mass is 10.0. The number of hydrogen-bond donors (Lipinski definition) is 0. The summed E-state index contributed by atoms with van der Waals surface area (Å²) < 4.78 is 11.5. The number of hydrogen-bond acceptors (Lipinski definition) is 2. The highest BCUT2D eigenvalue weighted by Gasteiger charge is 2.18. The van der Waals surface area contributed by atoms with Gasteiger partial charge in [-0.25, -0.2) is 0 Å². The van der Waals surface area contributed by atoms with Crippen LogP contribution in [-0.4, -0.2) is 4.57 Å². The Hall–Kier alpha value is -4.86. The summed E-state index contributed by atoms with van der Waals surface area (Å²) >= 11 is 1.86. The van der Waals surface area contributed by atoms with E-state index < -0.39 is 0 Å². The summed E-state index contributed by atoms with van der Waals surface area (Å²) in [4.78, 5) is 0. The second-order valence-corrected chi connectivity index (χ2v) is 11.2. The van der Waals surface area contributed by atoms with E-state index in [-0.39, 0.29) is 0 Å². The van der Waals surface area contributed by atoms with Crippen molar-refractivity contribution < 1.29 is 4.42 Å². The first-order chi connectivity index (χ1) is 19.3. The molecule has 39 heavy (non-hydrogen) atoms. The van der Waals surface area contributed by atoms with E-state index >= 15 is 0 Å². The van der Waals surface area contributed by atoms with Gasteiger partial charge in [0.15, 0.2) is 0 Å². The zero-order valence-corrected chi connectivity index (χ0v) is 21.7. The molecule has 0 fully saturated rings. The van der Waals surface area contributed by atoms with E-state index in [4.69, 9.17) is 4.42 Å². The second kappa shape index (κ2) is 7.83. The molecule has 182 valence electrons. The lowest BCUT2D eigenvalue weighted by molar-refractivity contribution is 0.669. The Morgan fingerprint density at radius 3 is 1.90 bits per heavy atom. The van der Waals surface area contributed by atoms with Crippen molar-refractivity contribution in [3.05, 3.63) is 127 Å².